The third-order valence-electron chi connectivity index (χ3n) is 3.31. The van der Waals surface area contributed by atoms with E-state index in [2.05, 4.69) is 49.8 Å². The van der Waals surface area contributed by atoms with Gasteiger partial charge in [0.05, 0.1) is 11.4 Å². The normalized spacial score (nSPS) is 12.6. The van der Waals surface area contributed by atoms with Gasteiger partial charge in [-0.25, -0.2) is 0 Å². The van der Waals surface area contributed by atoms with Gasteiger partial charge in [0.25, 0.3) is 8.32 Å². The van der Waals surface area contributed by atoms with E-state index < -0.39 is 8.32 Å². The van der Waals surface area contributed by atoms with E-state index >= 15 is 0 Å². The summed E-state index contributed by atoms with van der Waals surface area (Å²) in [5.74, 6) is 0.684. The maximum Gasteiger partial charge on any atom is 0.250 e. The van der Waals surface area contributed by atoms with Crippen LogP contribution in [0.1, 0.15) is 20.8 Å². The van der Waals surface area contributed by atoms with Crippen molar-refractivity contribution in [2.45, 2.75) is 38.9 Å². The SMILES string of the molecule is CC(C)(C)[Si](C)(C)Oc1cc(Br)cc(N)c1N. The number of rotatable bonds is 2. The first-order valence-corrected chi connectivity index (χ1v) is 9.28. The van der Waals surface area contributed by atoms with Crippen LogP contribution >= 0.6 is 15.9 Å². The second-order valence-electron chi connectivity index (χ2n) is 5.77. The lowest BCUT2D eigenvalue weighted by molar-refractivity contribution is 0.494. The van der Waals surface area contributed by atoms with Crippen LogP contribution in [0, 0.1) is 0 Å². The second kappa shape index (κ2) is 4.53. The monoisotopic (exact) mass is 316 g/mol. The van der Waals surface area contributed by atoms with Gasteiger partial charge in [0.1, 0.15) is 5.75 Å². The summed E-state index contributed by atoms with van der Waals surface area (Å²) >= 11 is 3.41. The van der Waals surface area contributed by atoms with Crippen molar-refractivity contribution in [2.24, 2.45) is 0 Å². The molecular weight excluding hydrogens is 296 g/mol. The Hall–Kier alpha value is -0.683. The molecule has 0 unspecified atom stereocenters. The number of nitrogens with two attached hydrogens (primary N) is 2. The molecule has 4 N–H and O–H groups in total. The summed E-state index contributed by atoms with van der Waals surface area (Å²) in [5.41, 5.74) is 12.9. The number of nitrogen functional groups attached to an aromatic ring is 2. The largest absolute Gasteiger partial charge is 0.542 e. The van der Waals surface area contributed by atoms with Crippen LogP contribution in [0.3, 0.4) is 0 Å². The molecule has 0 spiro atoms. The summed E-state index contributed by atoms with van der Waals surface area (Å²) in [6.45, 7) is 10.9. The molecular formula is C12H21BrN2OSi. The number of hydrogen-bond acceptors (Lipinski definition) is 3. The molecule has 3 nitrogen and oxygen atoms in total. The molecule has 0 heterocycles. The number of benzene rings is 1. The Labute approximate surface area is 113 Å². The van der Waals surface area contributed by atoms with Crippen molar-refractivity contribution in [3.8, 4) is 5.75 Å². The lowest BCUT2D eigenvalue weighted by atomic mass is 10.2. The van der Waals surface area contributed by atoms with Crippen molar-refractivity contribution in [2.75, 3.05) is 11.5 Å². The third kappa shape index (κ3) is 3.16. The van der Waals surface area contributed by atoms with Gasteiger partial charge in [0.2, 0.25) is 0 Å². The van der Waals surface area contributed by atoms with Crippen LogP contribution in [0.5, 0.6) is 5.75 Å². The highest BCUT2D eigenvalue weighted by Crippen LogP contribution is 2.40. The summed E-state index contributed by atoms with van der Waals surface area (Å²) in [6, 6.07) is 3.67. The Morgan fingerprint density at radius 1 is 1.18 bits per heavy atom. The maximum atomic E-state index is 6.16. The average molecular weight is 317 g/mol. The molecule has 0 aromatic heterocycles. The van der Waals surface area contributed by atoms with Crippen LogP contribution in [0.25, 0.3) is 0 Å². The van der Waals surface area contributed by atoms with Crippen molar-refractivity contribution >= 4 is 35.6 Å². The van der Waals surface area contributed by atoms with Gasteiger partial charge in [-0.15, -0.1) is 0 Å². The van der Waals surface area contributed by atoms with E-state index in [1.807, 2.05) is 6.07 Å². The Morgan fingerprint density at radius 2 is 1.71 bits per heavy atom. The molecule has 0 aliphatic rings. The molecule has 0 atom stereocenters. The Balaban J connectivity index is 3.12. The minimum atomic E-state index is -1.88. The quantitative estimate of drug-likeness (QED) is 0.640. The molecule has 0 bridgehead atoms. The number of hydrogen-bond donors (Lipinski definition) is 2. The minimum absolute atomic E-state index is 0.135. The van der Waals surface area contributed by atoms with Gasteiger partial charge < -0.3 is 15.9 Å². The van der Waals surface area contributed by atoms with Gasteiger partial charge in [-0.05, 0) is 30.3 Å². The highest BCUT2D eigenvalue weighted by Gasteiger charge is 2.39. The van der Waals surface area contributed by atoms with E-state index in [4.69, 9.17) is 15.9 Å². The summed E-state index contributed by atoms with van der Waals surface area (Å²) in [6.07, 6.45) is 0. The fourth-order valence-electron chi connectivity index (χ4n) is 1.13. The van der Waals surface area contributed by atoms with Gasteiger partial charge >= 0.3 is 0 Å². The first-order chi connectivity index (χ1) is 7.54. The number of anilines is 2. The van der Waals surface area contributed by atoms with Crippen LogP contribution in [-0.2, 0) is 0 Å². The van der Waals surface area contributed by atoms with Crippen LogP contribution in [0.15, 0.2) is 16.6 Å². The molecule has 0 saturated carbocycles. The zero-order valence-electron chi connectivity index (χ0n) is 11.1. The summed E-state index contributed by atoms with van der Waals surface area (Å²) < 4.78 is 7.05. The first-order valence-electron chi connectivity index (χ1n) is 5.58. The molecule has 0 fully saturated rings. The summed E-state index contributed by atoms with van der Waals surface area (Å²) in [4.78, 5) is 0. The van der Waals surface area contributed by atoms with Crippen LogP contribution in [0.2, 0.25) is 18.1 Å². The fourth-order valence-corrected chi connectivity index (χ4v) is 2.61. The van der Waals surface area contributed by atoms with Gasteiger partial charge in [0, 0.05) is 4.47 Å². The molecule has 17 heavy (non-hydrogen) atoms. The molecule has 0 aliphatic heterocycles. The van der Waals surface area contributed by atoms with Crippen LogP contribution < -0.4 is 15.9 Å². The fraction of sp³-hybridized carbons (Fsp3) is 0.500. The van der Waals surface area contributed by atoms with Gasteiger partial charge in [-0.1, -0.05) is 36.7 Å². The third-order valence-corrected chi connectivity index (χ3v) is 8.11. The molecule has 1 aromatic rings. The first kappa shape index (κ1) is 14.4. The standard InChI is InChI=1S/C12H21BrN2OSi/c1-12(2,3)17(4,5)16-10-7-8(13)6-9(14)11(10)15/h6-7H,14-15H2,1-5H3. The molecule has 1 aromatic carbocycles. The lowest BCUT2D eigenvalue weighted by Gasteiger charge is -2.36. The smallest absolute Gasteiger partial charge is 0.250 e. The highest BCUT2D eigenvalue weighted by molar-refractivity contribution is 9.10. The van der Waals surface area contributed by atoms with Crippen molar-refractivity contribution in [1.82, 2.24) is 0 Å². The number of halogens is 1. The molecule has 0 aliphatic carbocycles. The van der Waals surface area contributed by atoms with E-state index in [-0.39, 0.29) is 5.04 Å². The zero-order chi connectivity index (χ0) is 13.4. The summed E-state index contributed by atoms with van der Waals surface area (Å²) in [7, 11) is -1.88. The summed E-state index contributed by atoms with van der Waals surface area (Å²) in [5, 5.41) is 0.135. The van der Waals surface area contributed by atoms with E-state index in [0.29, 0.717) is 17.1 Å². The maximum absolute atomic E-state index is 6.16. The van der Waals surface area contributed by atoms with Gasteiger partial charge in [-0.3, -0.25) is 0 Å². The van der Waals surface area contributed by atoms with Gasteiger partial charge in [-0.2, -0.15) is 0 Å². The second-order valence-corrected chi connectivity index (χ2v) is 11.4. The molecule has 0 amide bonds. The zero-order valence-corrected chi connectivity index (χ0v) is 13.7. The van der Waals surface area contributed by atoms with Crippen LogP contribution in [0.4, 0.5) is 11.4 Å². The Kier molecular flexibility index (Phi) is 3.83. The molecule has 0 radical (unpaired) electrons. The van der Waals surface area contributed by atoms with E-state index in [9.17, 15) is 0 Å². The average Bonchev–Trinajstić information content (AvgIpc) is 2.11. The topological polar surface area (TPSA) is 61.3 Å². The Morgan fingerprint density at radius 3 is 2.18 bits per heavy atom. The molecule has 1 rings (SSSR count). The minimum Gasteiger partial charge on any atom is -0.542 e. The van der Waals surface area contributed by atoms with Crippen molar-refractivity contribution < 1.29 is 4.43 Å². The van der Waals surface area contributed by atoms with Crippen molar-refractivity contribution in [3.63, 3.8) is 0 Å². The van der Waals surface area contributed by atoms with E-state index in [0.717, 1.165) is 4.47 Å². The predicted molar refractivity (Wildman–Crippen MR) is 80.8 cm³/mol. The van der Waals surface area contributed by atoms with E-state index in [1.165, 1.54) is 0 Å². The van der Waals surface area contributed by atoms with Crippen molar-refractivity contribution in [3.05, 3.63) is 16.6 Å². The van der Waals surface area contributed by atoms with Crippen molar-refractivity contribution in [1.29, 1.82) is 0 Å². The predicted octanol–water partition coefficient (Wildman–Crippen LogP) is 4.00. The highest BCUT2D eigenvalue weighted by atomic mass is 79.9. The molecule has 96 valence electrons. The molecule has 5 heteroatoms. The Bertz CT molecular complexity index is 427. The van der Waals surface area contributed by atoms with E-state index in [1.54, 1.807) is 6.07 Å². The van der Waals surface area contributed by atoms with Crippen LogP contribution in [-0.4, -0.2) is 8.32 Å². The lowest BCUT2D eigenvalue weighted by Crippen LogP contribution is -2.44. The van der Waals surface area contributed by atoms with Gasteiger partial charge in [0.15, 0.2) is 0 Å². The molecule has 0 saturated heterocycles.